The molecule has 1 unspecified atom stereocenters. The minimum Gasteiger partial charge on any atom is -0.303 e. The van der Waals surface area contributed by atoms with Crippen LogP contribution >= 0.6 is 0 Å². The van der Waals surface area contributed by atoms with E-state index in [9.17, 15) is 19.1 Å². The Morgan fingerprint density at radius 2 is 2.10 bits per heavy atom. The van der Waals surface area contributed by atoms with Crippen molar-refractivity contribution >= 4 is 34.2 Å². The molecule has 1 aromatic heterocycles. The van der Waals surface area contributed by atoms with Gasteiger partial charge in [0.2, 0.25) is 0 Å². The lowest BCUT2D eigenvalue weighted by atomic mass is 10.1. The third-order valence-corrected chi connectivity index (χ3v) is 6.66. The van der Waals surface area contributed by atoms with Crippen LogP contribution in [0.2, 0.25) is 0 Å². The molecule has 8 heteroatoms. The number of nitrogens with zero attached hydrogens (tertiary/aromatic N) is 3. The van der Waals surface area contributed by atoms with Crippen molar-refractivity contribution in [2.24, 2.45) is 0 Å². The number of carbonyl (C=O) groups is 1. The lowest BCUT2D eigenvalue weighted by Crippen LogP contribution is -2.31. The van der Waals surface area contributed by atoms with Gasteiger partial charge in [-0.1, -0.05) is 30.9 Å². The van der Waals surface area contributed by atoms with Crippen LogP contribution in [0, 0.1) is 10.1 Å². The quantitative estimate of drug-likeness (QED) is 0.430. The fourth-order valence-corrected chi connectivity index (χ4v) is 5.14. The number of benzene rings is 2. The third-order valence-electron chi connectivity index (χ3n) is 5.16. The number of nitro groups is 1. The van der Waals surface area contributed by atoms with Gasteiger partial charge in [-0.3, -0.25) is 24.1 Å². The highest BCUT2D eigenvalue weighted by Crippen LogP contribution is 2.34. The fraction of sp³-hybridized carbons (Fsp3) is 0.130. The number of anilines is 1. The number of pyridine rings is 1. The number of aryl methyl sites for hydroxylation is 1. The van der Waals surface area contributed by atoms with E-state index in [2.05, 4.69) is 11.6 Å². The first-order valence-electron chi connectivity index (χ1n) is 9.61. The molecule has 0 bridgehead atoms. The normalized spacial score (nSPS) is 14.6. The van der Waals surface area contributed by atoms with Gasteiger partial charge in [0.25, 0.3) is 11.6 Å². The molecular formula is C23H19N3O4S. The Morgan fingerprint density at radius 1 is 1.26 bits per heavy atom. The Bertz CT molecular complexity index is 1210. The summed E-state index contributed by atoms with van der Waals surface area (Å²) in [5, 5.41) is 11.5. The SMILES string of the molecule is C=Cc1ccc(CN(C(=O)c2cccnc2)c2cccc3c2S(=O)CC3)cc1[N+](=O)[O-]. The van der Waals surface area contributed by atoms with Crippen molar-refractivity contribution in [1.29, 1.82) is 0 Å². The Labute approximate surface area is 181 Å². The minimum atomic E-state index is -1.21. The van der Waals surface area contributed by atoms with Crippen LogP contribution in [-0.4, -0.2) is 25.8 Å². The molecule has 1 aliphatic rings. The standard InChI is InChI=1S/C23H19N3O4S/c1-2-17-9-8-16(13-21(17)26(28)29)15-25(23(27)19-6-4-11-24-14-19)20-7-3-5-18-10-12-31(30)22(18)20/h2-9,11,13-14H,1,10,12,15H2. The summed E-state index contributed by atoms with van der Waals surface area (Å²) in [5.74, 6) is 0.196. The van der Waals surface area contributed by atoms with E-state index in [1.807, 2.05) is 12.1 Å². The molecule has 156 valence electrons. The Morgan fingerprint density at radius 3 is 2.81 bits per heavy atom. The van der Waals surface area contributed by atoms with Crippen LogP contribution in [0.4, 0.5) is 11.4 Å². The van der Waals surface area contributed by atoms with Crippen molar-refractivity contribution in [3.8, 4) is 0 Å². The van der Waals surface area contributed by atoms with Gasteiger partial charge in [-0.2, -0.15) is 0 Å². The van der Waals surface area contributed by atoms with Crippen LogP contribution in [0.25, 0.3) is 6.08 Å². The predicted molar refractivity (Wildman–Crippen MR) is 119 cm³/mol. The summed E-state index contributed by atoms with van der Waals surface area (Å²) in [6.07, 6.45) is 5.16. The topological polar surface area (TPSA) is 93.4 Å². The number of nitro benzene ring substituents is 1. The molecule has 0 saturated heterocycles. The summed E-state index contributed by atoms with van der Waals surface area (Å²) in [6.45, 7) is 3.70. The lowest BCUT2D eigenvalue weighted by molar-refractivity contribution is -0.385. The van der Waals surface area contributed by atoms with Gasteiger partial charge in [0.05, 0.1) is 44.0 Å². The van der Waals surface area contributed by atoms with Gasteiger partial charge >= 0.3 is 0 Å². The van der Waals surface area contributed by atoms with Crippen LogP contribution in [0.3, 0.4) is 0 Å². The summed E-state index contributed by atoms with van der Waals surface area (Å²) >= 11 is 0. The smallest absolute Gasteiger partial charge is 0.276 e. The molecule has 31 heavy (non-hydrogen) atoms. The summed E-state index contributed by atoms with van der Waals surface area (Å²) in [6, 6.07) is 13.6. The Balaban J connectivity index is 1.82. The number of fused-ring (bicyclic) bond motifs is 1. The van der Waals surface area contributed by atoms with Crippen molar-refractivity contribution in [3.63, 3.8) is 0 Å². The summed E-state index contributed by atoms with van der Waals surface area (Å²) in [5.41, 5.74) is 2.78. The first-order valence-corrected chi connectivity index (χ1v) is 10.9. The van der Waals surface area contributed by atoms with Gasteiger partial charge in [-0.25, -0.2) is 0 Å². The molecule has 0 radical (unpaired) electrons. The van der Waals surface area contributed by atoms with Crippen LogP contribution < -0.4 is 4.90 Å². The van der Waals surface area contributed by atoms with Gasteiger partial charge in [0, 0.05) is 24.2 Å². The highest BCUT2D eigenvalue weighted by Gasteiger charge is 2.28. The zero-order chi connectivity index (χ0) is 22.0. The summed E-state index contributed by atoms with van der Waals surface area (Å²) in [7, 11) is -1.21. The van der Waals surface area contributed by atoms with E-state index >= 15 is 0 Å². The average molecular weight is 433 g/mol. The van der Waals surface area contributed by atoms with Gasteiger partial charge in [0.1, 0.15) is 0 Å². The van der Waals surface area contributed by atoms with E-state index < -0.39 is 15.7 Å². The molecular weight excluding hydrogens is 414 g/mol. The Kier molecular flexibility index (Phi) is 5.73. The molecule has 1 atom stereocenters. The molecule has 0 fully saturated rings. The maximum absolute atomic E-state index is 13.4. The number of amides is 1. The van der Waals surface area contributed by atoms with Crippen LogP contribution in [0.1, 0.15) is 27.0 Å². The van der Waals surface area contributed by atoms with E-state index in [0.29, 0.717) is 39.4 Å². The van der Waals surface area contributed by atoms with Crippen molar-refractivity contribution in [3.05, 3.63) is 99.9 Å². The molecule has 0 aliphatic carbocycles. The summed E-state index contributed by atoms with van der Waals surface area (Å²) in [4.78, 5) is 30.6. The largest absolute Gasteiger partial charge is 0.303 e. The number of carbonyl (C=O) groups excluding carboxylic acids is 1. The van der Waals surface area contributed by atoms with Gasteiger partial charge in [-0.15, -0.1) is 0 Å². The zero-order valence-corrected chi connectivity index (χ0v) is 17.4. The van der Waals surface area contributed by atoms with E-state index in [4.69, 9.17) is 0 Å². The maximum atomic E-state index is 13.4. The molecule has 2 heterocycles. The van der Waals surface area contributed by atoms with E-state index in [0.717, 1.165) is 5.56 Å². The van der Waals surface area contributed by atoms with Gasteiger partial charge in [0.15, 0.2) is 0 Å². The van der Waals surface area contributed by atoms with Crippen molar-refractivity contribution in [2.45, 2.75) is 17.9 Å². The second kappa shape index (κ2) is 8.61. The van der Waals surface area contributed by atoms with Crippen LogP contribution in [0.5, 0.6) is 0 Å². The molecule has 1 aliphatic heterocycles. The monoisotopic (exact) mass is 433 g/mol. The fourth-order valence-electron chi connectivity index (χ4n) is 3.66. The predicted octanol–water partition coefficient (Wildman–Crippen LogP) is 4.14. The molecule has 4 rings (SSSR count). The molecule has 0 spiro atoms. The molecule has 7 nitrogen and oxygen atoms in total. The third kappa shape index (κ3) is 4.02. The highest BCUT2D eigenvalue weighted by atomic mass is 32.2. The second-order valence-corrected chi connectivity index (χ2v) is 8.56. The van der Waals surface area contributed by atoms with Gasteiger partial charge < -0.3 is 4.90 Å². The van der Waals surface area contributed by atoms with Gasteiger partial charge in [-0.05, 0) is 41.8 Å². The van der Waals surface area contributed by atoms with E-state index in [1.54, 1.807) is 36.5 Å². The average Bonchev–Trinajstić information content (AvgIpc) is 3.18. The molecule has 3 aromatic rings. The molecule has 0 N–H and O–H groups in total. The number of rotatable bonds is 6. The van der Waals surface area contributed by atoms with Crippen LogP contribution in [0.15, 0.2) is 72.4 Å². The second-order valence-electron chi connectivity index (χ2n) is 7.05. The first-order chi connectivity index (χ1) is 15.0. The van der Waals surface area contributed by atoms with Crippen LogP contribution in [-0.2, 0) is 23.8 Å². The Hall–Kier alpha value is -3.65. The van der Waals surface area contributed by atoms with E-state index in [1.165, 1.54) is 23.2 Å². The maximum Gasteiger partial charge on any atom is 0.276 e. The lowest BCUT2D eigenvalue weighted by Gasteiger charge is -2.25. The number of hydrogen-bond donors (Lipinski definition) is 0. The zero-order valence-electron chi connectivity index (χ0n) is 16.6. The molecule has 2 aromatic carbocycles. The van der Waals surface area contributed by atoms with Crippen molar-refractivity contribution < 1.29 is 13.9 Å². The van der Waals surface area contributed by atoms with Crippen molar-refractivity contribution in [1.82, 2.24) is 4.98 Å². The van der Waals surface area contributed by atoms with Crippen molar-refractivity contribution in [2.75, 3.05) is 10.7 Å². The van der Waals surface area contributed by atoms with E-state index in [-0.39, 0.29) is 18.1 Å². The first kappa shape index (κ1) is 20.6. The summed E-state index contributed by atoms with van der Waals surface area (Å²) < 4.78 is 12.7. The number of hydrogen-bond acceptors (Lipinski definition) is 5. The highest BCUT2D eigenvalue weighted by molar-refractivity contribution is 7.85. The molecule has 1 amide bonds. The minimum absolute atomic E-state index is 0.0804. The molecule has 0 saturated carbocycles. The number of aromatic nitrogens is 1.